The zero-order valence-electron chi connectivity index (χ0n) is 11.8. The van der Waals surface area contributed by atoms with E-state index < -0.39 is 12.2 Å². The van der Waals surface area contributed by atoms with E-state index >= 15 is 0 Å². The van der Waals surface area contributed by atoms with Gasteiger partial charge in [-0.3, -0.25) is 0 Å². The second-order valence-electron chi connectivity index (χ2n) is 5.01. The summed E-state index contributed by atoms with van der Waals surface area (Å²) in [7, 11) is 0. The Kier molecular flexibility index (Phi) is 5.33. The summed E-state index contributed by atoms with van der Waals surface area (Å²) in [6, 6.07) is 17.3. The Morgan fingerprint density at radius 2 is 1.57 bits per heavy atom. The monoisotopic (exact) mass is 288 g/mol. The van der Waals surface area contributed by atoms with Crippen molar-refractivity contribution in [2.75, 3.05) is 19.8 Å². The summed E-state index contributed by atoms with van der Waals surface area (Å²) in [6.45, 7) is -0.740. The van der Waals surface area contributed by atoms with E-state index in [1.807, 2.05) is 54.6 Å². The van der Waals surface area contributed by atoms with Gasteiger partial charge in [0.15, 0.2) is 0 Å². The van der Waals surface area contributed by atoms with Gasteiger partial charge < -0.3 is 20.1 Å². The zero-order valence-corrected chi connectivity index (χ0v) is 11.8. The molecule has 0 bridgehead atoms. The van der Waals surface area contributed by atoms with E-state index in [9.17, 15) is 10.2 Å². The minimum Gasteiger partial charge on any atom is -0.490 e. The van der Waals surface area contributed by atoms with Gasteiger partial charge in [-0.25, -0.2) is 0 Å². The second-order valence-corrected chi connectivity index (χ2v) is 5.01. The molecule has 1 unspecified atom stereocenters. The van der Waals surface area contributed by atoms with Crippen LogP contribution in [0.4, 0.5) is 0 Å². The first-order chi connectivity index (χ1) is 10.2. The Hall–Kier alpha value is -1.88. The molecule has 0 aliphatic carbocycles. The van der Waals surface area contributed by atoms with Crippen LogP contribution in [0, 0.1) is 0 Å². The van der Waals surface area contributed by atoms with Gasteiger partial charge in [0, 0.05) is 18.6 Å². The fourth-order valence-electron chi connectivity index (χ4n) is 2.07. The normalized spacial score (nSPS) is 13.7. The number of benzene rings is 2. The van der Waals surface area contributed by atoms with Gasteiger partial charge in [-0.05, 0) is 11.6 Å². The van der Waals surface area contributed by atoms with Crippen molar-refractivity contribution >= 4 is 0 Å². The van der Waals surface area contributed by atoms with Crippen LogP contribution in [0.1, 0.15) is 6.42 Å². The molecule has 1 atom stereocenters. The van der Waals surface area contributed by atoms with Crippen molar-refractivity contribution in [3.05, 3.63) is 54.6 Å². The fourth-order valence-corrected chi connectivity index (χ4v) is 2.07. The number of aliphatic hydroxyl groups is 3. The Morgan fingerprint density at radius 3 is 2.24 bits per heavy atom. The van der Waals surface area contributed by atoms with Gasteiger partial charge in [0.25, 0.3) is 0 Å². The maximum Gasteiger partial charge on any atom is 0.127 e. The first-order valence-corrected chi connectivity index (χ1v) is 6.90. The zero-order chi connectivity index (χ0) is 15.1. The van der Waals surface area contributed by atoms with Crippen LogP contribution in [-0.2, 0) is 0 Å². The topological polar surface area (TPSA) is 69.9 Å². The molecule has 0 fully saturated rings. The lowest BCUT2D eigenvalue weighted by molar-refractivity contribution is -0.0611. The van der Waals surface area contributed by atoms with E-state index in [4.69, 9.17) is 9.84 Å². The molecule has 2 aromatic rings. The van der Waals surface area contributed by atoms with Crippen LogP contribution in [-0.4, -0.2) is 40.7 Å². The third-order valence-electron chi connectivity index (χ3n) is 3.34. The summed E-state index contributed by atoms with van der Waals surface area (Å²) in [5, 5.41) is 28.3. The van der Waals surface area contributed by atoms with Crippen molar-refractivity contribution in [1.29, 1.82) is 0 Å². The third-order valence-corrected chi connectivity index (χ3v) is 3.34. The Morgan fingerprint density at radius 1 is 0.905 bits per heavy atom. The van der Waals surface area contributed by atoms with Crippen molar-refractivity contribution in [3.8, 4) is 16.9 Å². The van der Waals surface area contributed by atoms with Gasteiger partial charge in [0.2, 0.25) is 0 Å². The van der Waals surface area contributed by atoms with E-state index in [2.05, 4.69) is 0 Å². The van der Waals surface area contributed by atoms with Gasteiger partial charge in [-0.2, -0.15) is 0 Å². The van der Waals surface area contributed by atoms with Crippen LogP contribution >= 0.6 is 0 Å². The van der Waals surface area contributed by atoms with Crippen molar-refractivity contribution in [3.63, 3.8) is 0 Å². The minimum absolute atomic E-state index is 0.0665. The molecule has 2 rings (SSSR count). The smallest absolute Gasteiger partial charge is 0.127 e. The highest BCUT2D eigenvalue weighted by molar-refractivity contribution is 5.70. The highest BCUT2D eigenvalue weighted by atomic mass is 16.5. The molecule has 0 saturated carbocycles. The molecular formula is C17H20O4. The Balaban J connectivity index is 2.18. The van der Waals surface area contributed by atoms with E-state index in [0.29, 0.717) is 5.75 Å². The maximum absolute atomic E-state index is 10.1. The van der Waals surface area contributed by atoms with Crippen LogP contribution in [0.25, 0.3) is 11.1 Å². The van der Waals surface area contributed by atoms with Crippen LogP contribution in [0.15, 0.2) is 54.6 Å². The lowest BCUT2D eigenvalue weighted by atomic mass is 10.0. The largest absolute Gasteiger partial charge is 0.490 e. The predicted octanol–water partition coefficient (Wildman–Crippen LogP) is 1.84. The van der Waals surface area contributed by atoms with Gasteiger partial charge >= 0.3 is 0 Å². The Labute approximate surface area is 124 Å². The molecule has 2 aromatic carbocycles. The number of ether oxygens (including phenoxy) is 1. The van der Waals surface area contributed by atoms with E-state index in [0.717, 1.165) is 11.1 Å². The van der Waals surface area contributed by atoms with Gasteiger partial charge in [-0.15, -0.1) is 0 Å². The first kappa shape index (κ1) is 15.5. The van der Waals surface area contributed by atoms with Crippen LogP contribution in [0.5, 0.6) is 5.75 Å². The number of hydrogen-bond acceptors (Lipinski definition) is 4. The van der Waals surface area contributed by atoms with Crippen molar-refractivity contribution in [2.24, 2.45) is 0 Å². The van der Waals surface area contributed by atoms with Crippen molar-refractivity contribution in [1.82, 2.24) is 0 Å². The SMILES string of the molecule is OCCC(O)(CO)COc1ccccc1-c1ccccc1. The lowest BCUT2D eigenvalue weighted by Gasteiger charge is -2.25. The molecule has 4 nitrogen and oxygen atoms in total. The summed E-state index contributed by atoms with van der Waals surface area (Å²) >= 11 is 0. The average molecular weight is 288 g/mol. The number of hydrogen-bond donors (Lipinski definition) is 3. The highest BCUT2D eigenvalue weighted by Crippen LogP contribution is 2.30. The quantitative estimate of drug-likeness (QED) is 0.727. The molecule has 0 heterocycles. The molecule has 112 valence electrons. The summed E-state index contributed by atoms with van der Waals surface area (Å²) in [5.41, 5.74) is 0.503. The van der Waals surface area contributed by atoms with E-state index in [1.165, 1.54) is 0 Å². The first-order valence-electron chi connectivity index (χ1n) is 6.90. The maximum atomic E-state index is 10.1. The molecule has 0 spiro atoms. The molecule has 21 heavy (non-hydrogen) atoms. The summed E-state index contributed by atoms with van der Waals surface area (Å²) in [5.74, 6) is 0.633. The third kappa shape index (κ3) is 4.04. The van der Waals surface area contributed by atoms with Gasteiger partial charge in [-0.1, -0.05) is 48.5 Å². The lowest BCUT2D eigenvalue weighted by Crippen LogP contribution is -2.40. The fraction of sp³-hybridized carbons (Fsp3) is 0.294. The van der Waals surface area contributed by atoms with Gasteiger partial charge in [0.05, 0.1) is 6.61 Å². The number of rotatable bonds is 7. The molecule has 0 aliphatic rings. The molecule has 3 N–H and O–H groups in total. The molecule has 0 radical (unpaired) electrons. The molecule has 0 aliphatic heterocycles. The molecule has 0 saturated heterocycles. The molecule has 0 amide bonds. The summed E-state index contributed by atoms with van der Waals surface area (Å²) < 4.78 is 5.68. The molecule has 0 aromatic heterocycles. The van der Waals surface area contributed by atoms with Crippen molar-refractivity contribution < 1.29 is 20.1 Å². The van der Waals surface area contributed by atoms with Crippen LogP contribution in [0.3, 0.4) is 0 Å². The second kappa shape index (κ2) is 7.22. The highest BCUT2D eigenvalue weighted by Gasteiger charge is 2.26. The molecule has 4 heteroatoms. The summed E-state index contributed by atoms with van der Waals surface area (Å²) in [6.07, 6.45) is 0.0665. The predicted molar refractivity (Wildman–Crippen MR) is 81.1 cm³/mol. The van der Waals surface area contributed by atoms with Crippen LogP contribution in [0.2, 0.25) is 0 Å². The average Bonchev–Trinajstić information content (AvgIpc) is 2.54. The van der Waals surface area contributed by atoms with Crippen LogP contribution < -0.4 is 4.74 Å². The van der Waals surface area contributed by atoms with E-state index in [-0.39, 0.29) is 19.6 Å². The van der Waals surface area contributed by atoms with E-state index in [1.54, 1.807) is 0 Å². The summed E-state index contributed by atoms with van der Waals surface area (Å²) in [4.78, 5) is 0. The standard InChI is InChI=1S/C17H20O4/c18-11-10-17(20,12-19)13-21-16-9-5-4-8-15(16)14-6-2-1-3-7-14/h1-9,18-20H,10-13H2. The minimum atomic E-state index is -1.43. The molecular weight excluding hydrogens is 268 g/mol. The number of aliphatic hydroxyl groups excluding tert-OH is 2. The Bertz CT molecular complexity index is 556. The van der Waals surface area contributed by atoms with Gasteiger partial charge in [0.1, 0.15) is 18.0 Å². The number of para-hydroxylation sites is 1. The van der Waals surface area contributed by atoms with Crippen molar-refractivity contribution in [2.45, 2.75) is 12.0 Å².